The molecule has 0 heterocycles. The third-order valence-electron chi connectivity index (χ3n) is 4.48. The SMILES string of the molecule is C1=CCC(C2(C3=CC=CC3)CCCCC2)=C1. The van der Waals surface area contributed by atoms with Crippen molar-refractivity contribution in [3.63, 3.8) is 0 Å². The molecule has 1 fully saturated rings. The second-order valence-electron chi connectivity index (χ2n) is 5.29. The number of rotatable bonds is 2. The van der Waals surface area contributed by atoms with Crippen LogP contribution < -0.4 is 0 Å². The molecule has 0 aliphatic heterocycles. The summed E-state index contributed by atoms with van der Waals surface area (Å²) >= 11 is 0. The molecule has 0 amide bonds. The number of allylic oxidation sites excluding steroid dienone is 8. The van der Waals surface area contributed by atoms with Crippen LogP contribution in [0.4, 0.5) is 0 Å². The third-order valence-corrected chi connectivity index (χ3v) is 4.48. The summed E-state index contributed by atoms with van der Waals surface area (Å²) in [6.45, 7) is 0. The molecule has 3 rings (SSSR count). The van der Waals surface area contributed by atoms with Crippen LogP contribution in [0.5, 0.6) is 0 Å². The Labute approximate surface area is 98.4 Å². The molecular formula is C16H20. The van der Waals surface area contributed by atoms with Crippen LogP contribution in [-0.2, 0) is 0 Å². The molecule has 0 heteroatoms. The van der Waals surface area contributed by atoms with E-state index in [9.17, 15) is 0 Å². The largest absolute Gasteiger partial charge is 0.0804 e. The van der Waals surface area contributed by atoms with Crippen LogP contribution in [0, 0.1) is 5.41 Å². The highest BCUT2D eigenvalue weighted by Gasteiger charge is 2.38. The Balaban J connectivity index is 1.93. The zero-order chi connectivity index (χ0) is 10.8. The summed E-state index contributed by atoms with van der Waals surface area (Å²) in [6.07, 6.45) is 23.3. The van der Waals surface area contributed by atoms with E-state index in [1.165, 1.54) is 44.9 Å². The monoisotopic (exact) mass is 212 g/mol. The van der Waals surface area contributed by atoms with Crippen molar-refractivity contribution in [2.24, 2.45) is 5.41 Å². The zero-order valence-corrected chi connectivity index (χ0v) is 9.91. The Morgan fingerprint density at radius 3 is 1.75 bits per heavy atom. The van der Waals surface area contributed by atoms with Gasteiger partial charge in [0.2, 0.25) is 0 Å². The second kappa shape index (κ2) is 4.08. The normalized spacial score (nSPS) is 27.0. The van der Waals surface area contributed by atoms with E-state index in [1.807, 2.05) is 0 Å². The van der Waals surface area contributed by atoms with E-state index in [0.717, 1.165) is 0 Å². The average molecular weight is 212 g/mol. The lowest BCUT2D eigenvalue weighted by molar-refractivity contribution is 0.283. The van der Waals surface area contributed by atoms with Crippen molar-refractivity contribution in [3.05, 3.63) is 47.6 Å². The third kappa shape index (κ3) is 1.52. The highest BCUT2D eigenvalue weighted by molar-refractivity contribution is 5.41. The van der Waals surface area contributed by atoms with Crippen LogP contribution in [0.1, 0.15) is 44.9 Å². The predicted octanol–water partition coefficient (Wildman–Crippen LogP) is 4.71. The van der Waals surface area contributed by atoms with Crippen LogP contribution in [0.2, 0.25) is 0 Å². The first-order valence-corrected chi connectivity index (χ1v) is 6.64. The van der Waals surface area contributed by atoms with E-state index in [-0.39, 0.29) is 0 Å². The van der Waals surface area contributed by atoms with Crippen LogP contribution in [0.3, 0.4) is 0 Å². The van der Waals surface area contributed by atoms with Gasteiger partial charge in [0.25, 0.3) is 0 Å². The molecule has 84 valence electrons. The van der Waals surface area contributed by atoms with Crippen molar-refractivity contribution in [1.29, 1.82) is 0 Å². The summed E-state index contributed by atoms with van der Waals surface area (Å²) in [5.74, 6) is 0. The minimum absolute atomic E-state index is 0.436. The molecule has 3 aliphatic rings. The molecule has 0 aromatic heterocycles. The first-order chi connectivity index (χ1) is 7.92. The van der Waals surface area contributed by atoms with Gasteiger partial charge in [0.15, 0.2) is 0 Å². The molecule has 0 spiro atoms. The Hall–Kier alpha value is -1.04. The predicted molar refractivity (Wildman–Crippen MR) is 69.2 cm³/mol. The smallest absolute Gasteiger partial charge is 0.0133 e. The fourth-order valence-electron chi connectivity index (χ4n) is 3.61. The van der Waals surface area contributed by atoms with Crippen LogP contribution in [-0.4, -0.2) is 0 Å². The molecule has 16 heavy (non-hydrogen) atoms. The molecule has 0 N–H and O–H groups in total. The van der Waals surface area contributed by atoms with Gasteiger partial charge in [-0.3, -0.25) is 0 Å². The lowest BCUT2D eigenvalue weighted by Crippen LogP contribution is -2.28. The highest BCUT2D eigenvalue weighted by atomic mass is 14.4. The Morgan fingerprint density at radius 2 is 1.31 bits per heavy atom. The molecule has 0 bridgehead atoms. The van der Waals surface area contributed by atoms with E-state index >= 15 is 0 Å². The van der Waals surface area contributed by atoms with Gasteiger partial charge in [-0.05, 0) is 25.7 Å². The maximum absolute atomic E-state index is 2.38. The molecule has 0 radical (unpaired) electrons. The van der Waals surface area contributed by atoms with Gasteiger partial charge in [0.05, 0.1) is 0 Å². The van der Waals surface area contributed by atoms with Crippen molar-refractivity contribution in [2.45, 2.75) is 44.9 Å². The summed E-state index contributed by atoms with van der Waals surface area (Å²) in [7, 11) is 0. The van der Waals surface area contributed by atoms with Gasteiger partial charge in [-0.1, -0.05) is 66.9 Å². The van der Waals surface area contributed by atoms with Crippen molar-refractivity contribution in [3.8, 4) is 0 Å². The van der Waals surface area contributed by atoms with Gasteiger partial charge < -0.3 is 0 Å². The molecule has 0 nitrogen and oxygen atoms in total. The average Bonchev–Trinajstić information content (AvgIpc) is 3.04. The van der Waals surface area contributed by atoms with Crippen molar-refractivity contribution in [1.82, 2.24) is 0 Å². The number of hydrogen-bond donors (Lipinski definition) is 0. The molecule has 0 aromatic carbocycles. The Morgan fingerprint density at radius 1 is 0.750 bits per heavy atom. The minimum Gasteiger partial charge on any atom is -0.0804 e. The molecule has 0 saturated heterocycles. The van der Waals surface area contributed by atoms with Crippen molar-refractivity contribution in [2.75, 3.05) is 0 Å². The van der Waals surface area contributed by atoms with Crippen LogP contribution in [0.15, 0.2) is 47.6 Å². The summed E-state index contributed by atoms with van der Waals surface area (Å²) in [5, 5.41) is 0. The standard InChI is InChI=1S/C16H20/c1-6-12-16(13-7-1,14-8-2-3-9-14)15-10-4-5-11-15/h2-5,8,10H,1,6-7,9,11-13H2. The maximum Gasteiger partial charge on any atom is 0.0133 e. The summed E-state index contributed by atoms with van der Waals surface area (Å²) < 4.78 is 0. The first-order valence-electron chi connectivity index (χ1n) is 6.64. The van der Waals surface area contributed by atoms with Gasteiger partial charge in [-0.15, -0.1) is 0 Å². The van der Waals surface area contributed by atoms with E-state index in [2.05, 4.69) is 36.5 Å². The highest BCUT2D eigenvalue weighted by Crippen LogP contribution is 2.52. The lowest BCUT2D eigenvalue weighted by Gasteiger charge is -2.40. The second-order valence-corrected chi connectivity index (χ2v) is 5.29. The first kappa shape index (κ1) is 10.1. The van der Waals surface area contributed by atoms with E-state index < -0.39 is 0 Å². The summed E-state index contributed by atoms with van der Waals surface area (Å²) in [5.41, 5.74) is 3.80. The van der Waals surface area contributed by atoms with Crippen molar-refractivity contribution >= 4 is 0 Å². The van der Waals surface area contributed by atoms with Gasteiger partial charge in [-0.25, -0.2) is 0 Å². The molecule has 0 atom stereocenters. The lowest BCUT2D eigenvalue weighted by atomic mass is 9.64. The van der Waals surface area contributed by atoms with E-state index in [0.29, 0.717) is 5.41 Å². The van der Waals surface area contributed by atoms with Gasteiger partial charge >= 0.3 is 0 Å². The maximum atomic E-state index is 2.38. The molecule has 3 aliphatic carbocycles. The van der Waals surface area contributed by atoms with Crippen LogP contribution >= 0.6 is 0 Å². The molecule has 0 aromatic rings. The summed E-state index contributed by atoms with van der Waals surface area (Å²) in [6, 6.07) is 0. The molecule has 0 unspecified atom stereocenters. The summed E-state index contributed by atoms with van der Waals surface area (Å²) in [4.78, 5) is 0. The van der Waals surface area contributed by atoms with Gasteiger partial charge in [0, 0.05) is 5.41 Å². The Bertz CT molecular complexity index is 352. The molecule has 1 saturated carbocycles. The van der Waals surface area contributed by atoms with Gasteiger partial charge in [-0.2, -0.15) is 0 Å². The topological polar surface area (TPSA) is 0 Å². The minimum atomic E-state index is 0.436. The number of hydrogen-bond acceptors (Lipinski definition) is 0. The Kier molecular flexibility index (Phi) is 2.59. The van der Waals surface area contributed by atoms with E-state index in [1.54, 1.807) is 11.1 Å². The van der Waals surface area contributed by atoms with E-state index in [4.69, 9.17) is 0 Å². The fourth-order valence-corrected chi connectivity index (χ4v) is 3.61. The molecular weight excluding hydrogens is 192 g/mol. The zero-order valence-electron chi connectivity index (χ0n) is 9.91. The quantitative estimate of drug-likeness (QED) is 0.622. The van der Waals surface area contributed by atoms with Gasteiger partial charge in [0.1, 0.15) is 0 Å². The van der Waals surface area contributed by atoms with Crippen LogP contribution in [0.25, 0.3) is 0 Å². The van der Waals surface area contributed by atoms with Crippen molar-refractivity contribution < 1.29 is 0 Å². The fraction of sp³-hybridized carbons (Fsp3) is 0.500.